The van der Waals surface area contributed by atoms with Crippen molar-refractivity contribution in [3.8, 4) is 11.5 Å². The Morgan fingerprint density at radius 2 is 0.816 bits per heavy atom. The number of hydrogen-bond acceptors (Lipinski definition) is 6. The number of imide groups is 2. The number of hydrogen-bond donors (Lipinski definition) is 0. The van der Waals surface area contributed by atoms with Crippen LogP contribution in [0.25, 0.3) is 0 Å². The molecule has 0 atom stereocenters. The summed E-state index contributed by atoms with van der Waals surface area (Å²) in [5.74, 6) is -3.92. The predicted molar refractivity (Wildman–Crippen MR) is 274 cm³/mol. The first-order chi connectivity index (χ1) is 36.5. The third kappa shape index (κ3) is 9.18. The van der Waals surface area contributed by atoms with Crippen LogP contribution in [0.5, 0.6) is 11.5 Å². The number of carbonyl (C=O) groups excluding carboxylic acids is 4. The Bertz CT molecular complexity index is 3420. The van der Waals surface area contributed by atoms with E-state index in [1.165, 1.54) is 6.07 Å². The van der Waals surface area contributed by atoms with Gasteiger partial charge in [-0.2, -0.15) is 26.3 Å². The summed E-state index contributed by atoms with van der Waals surface area (Å²) in [7, 11) is 1.06. The predicted octanol–water partition coefficient (Wildman–Crippen LogP) is 13.4. The van der Waals surface area contributed by atoms with Crippen molar-refractivity contribution in [2.75, 3.05) is 25.2 Å². The Hall–Kier alpha value is -8.78. The minimum atomic E-state index is -6.13. The second-order valence-electron chi connectivity index (χ2n) is 18.8. The van der Waals surface area contributed by atoms with Gasteiger partial charge in [0, 0.05) is 18.9 Å². The highest BCUT2D eigenvalue weighted by atomic mass is 19.4. The number of aryl methyl sites for hydroxylation is 1. The highest BCUT2D eigenvalue weighted by Crippen LogP contribution is 2.57. The van der Waals surface area contributed by atoms with Gasteiger partial charge >= 0.3 is 12.4 Å². The molecule has 8 nitrogen and oxygen atoms in total. The Kier molecular flexibility index (Phi) is 13.5. The fraction of sp³-hybridized carbons (Fsp3) is 0.161. The SMILES string of the molecule is Cc1ccc(Cc2ccc(N3C(=O)c4ccc(C(c5ccc6c(c5)C(=O)N(C)C6=O)(C(F)(F)F)C(F)(F)F)cc4C3=O)c(OCC(c3ccccc3)c3ccccc3)c2)cc1OCC(c1ccccc1)c1ccccc1. The minimum absolute atomic E-state index is 0.0192. The van der Waals surface area contributed by atoms with Crippen LogP contribution in [0.2, 0.25) is 0 Å². The number of nitrogens with zero attached hydrogens (tertiary/aromatic N) is 2. The molecule has 76 heavy (non-hydrogen) atoms. The van der Waals surface area contributed by atoms with Gasteiger partial charge in [-0.3, -0.25) is 24.1 Å². The molecule has 2 aliphatic heterocycles. The van der Waals surface area contributed by atoms with E-state index in [2.05, 4.69) is 24.3 Å². The van der Waals surface area contributed by atoms with E-state index in [0.717, 1.165) is 52.6 Å². The average Bonchev–Trinajstić information content (AvgIpc) is 3.80. The number of fused-ring (bicyclic) bond motifs is 2. The van der Waals surface area contributed by atoms with Crippen molar-refractivity contribution < 1.29 is 55.0 Å². The molecule has 14 heteroatoms. The number of benzene rings is 8. The summed E-state index contributed by atoms with van der Waals surface area (Å²) in [4.78, 5) is 55.9. The van der Waals surface area contributed by atoms with Crippen molar-refractivity contribution in [2.45, 2.75) is 42.9 Å². The van der Waals surface area contributed by atoms with Gasteiger partial charge in [0.15, 0.2) is 0 Å². The molecule has 0 saturated carbocycles. The van der Waals surface area contributed by atoms with Crippen LogP contribution in [0.3, 0.4) is 0 Å². The van der Waals surface area contributed by atoms with Gasteiger partial charge in [0.2, 0.25) is 5.41 Å². The van der Waals surface area contributed by atoms with Gasteiger partial charge in [0.25, 0.3) is 23.6 Å². The van der Waals surface area contributed by atoms with Gasteiger partial charge in [-0.1, -0.05) is 152 Å². The number of ether oxygens (including phenoxy) is 2. The Balaban J connectivity index is 1.01. The molecule has 10 rings (SSSR count). The Labute approximate surface area is 433 Å². The molecule has 0 aromatic heterocycles. The van der Waals surface area contributed by atoms with Crippen LogP contribution in [0.15, 0.2) is 194 Å². The van der Waals surface area contributed by atoms with Gasteiger partial charge in [-0.05, 0) is 106 Å². The molecule has 0 fully saturated rings. The van der Waals surface area contributed by atoms with Crippen molar-refractivity contribution in [1.29, 1.82) is 0 Å². The zero-order valence-corrected chi connectivity index (χ0v) is 40.9. The Morgan fingerprint density at radius 3 is 1.28 bits per heavy atom. The van der Waals surface area contributed by atoms with Crippen molar-refractivity contribution in [3.05, 3.63) is 266 Å². The quantitative estimate of drug-likeness (QED) is 0.0750. The van der Waals surface area contributed by atoms with Crippen molar-refractivity contribution >= 4 is 29.3 Å². The van der Waals surface area contributed by atoms with Gasteiger partial charge in [0.1, 0.15) is 11.5 Å². The first kappa shape index (κ1) is 50.7. The number of amides is 4. The molecule has 2 heterocycles. The summed E-state index contributed by atoms with van der Waals surface area (Å²) in [6.07, 6.45) is -11.9. The highest BCUT2D eigenvalue weighted by molar-refractivity contribution is 6.35. The fourth-order valence-electron chi connectivity index (χ4n) is 10.2. The molecular formula is C62H46F6N2O6. The number of carbonyl (C=O) groups is 4. The third-order valence-electron chi connectivity index (χ3n) is 14.2. The van der Waals surface area contributed by atoms with E-state index in [1.54, 1.807) is 12.1 Å². The van der Waals surface area contributed by atoms with Gasteiger partial charge in [0.05, 0.1) is 41.2 Å². The molecule has 8 aromatic carbocycles. The van der Waals surface area contributed by atoms with E-state index in [-0.39, 0.29) is 35.4 Å². The summed E-state index contributed by atoms with van der Waals surface area (Å²) < 4.78 is 106. The monoisotopic (exact) mass is 1030 g/mol. The average molecular weight is 1030 g/mol. The summed E-state index contributed by atoms with van der Waals surface area (Å²) >= 11 is 0. The number of anilines is 1. The second-order valence-corrected chi connectivity index (χ2v) is 18.8. The van der Waals surface area contributed by atoms with Crippen molar-refractivity contribution in [2.24, 2.45) is 0 Å². The normalized spacial score (nSPS) is 13.7. The van der Waals surface area contributed by atoms with Crippen LogP contribution >= 0.6 is 0 Å². The number of alkyl halides is 6. The fourth-order valence-corrected chi connectivity index (χ4v) is 10.2. The van der Waals surface area contributed by atoms with Crippen LogP contribution in [-0.4, -0.2) is 61.1 Å². The lowest BCUT2D eigenvalue weighted by Crippen LogP contribution is -2.55. The third-order valence-corrected chi connectivity index (χ3v) is 14.2. The van der Waals surface area contributed by atoms with Gasteiger partial charge in [-0.15, -0.1) is 0 Å². The zero-order chi connectivity index (χ0) is 53.5. The van der Waals surface area contributed by atoms with E-state index < -0.39 is 69.2 Å². The van der Waals surface area contributed by atoms with E-state index >= 15 is 26.3 Å². The Morgan fingerprint density at radius 1 is 0.434 bits per heavy atom. The minimum Gasteiger partial charge on any atom is -0.492 e. The van der Waals surface area contributed by atoms with Crippen LogP contribution in [0, 0.1) is 6.92 Å². The maximum Gasteiger partial charge on any atom is 0.411 e. The summed E-state index contributed by atoms with van der Waals surface area (Å²) in [5.41, 5.74) is -3.57. The van der Waals surface area contributed by atoms with Crippen LogP contribution < -0.4 is 14.4 Å². The first-order valence-electron chi connectivity index (χ1n) is 24.3. The van der Waals surface area contributed by atoms with Crippen LogP contribution in [0.1, 0.15) is 103 Å². The lowest BCUT2D eigenvalue weighted by molar-refractivity contribution is -0.288. The highest BCUT2D eigenvalue weighted by Gasteiger charge is 2.73. The molecule has 0 aliphatic carbocycles. The molecule has 382 valence electrons. The molecule has 0 spiro atoms. The van der Waals surface area contributed by atoms with Gasteiger partial charge in [-0.25, -0.2) is 4.90 Å². The molecule has 8 aromatic rings. The molecule has 0 N–H and O–H groups in total. The number of rotatable bonds is 15. The summed E-state index contributed by atoms with van der Waals surface area (Å²) in [5, 5.41) is 0. The second kappa shape index (κ2) is 20.2. The standard InChI is InChI=1S/C62H46F6N2O6/c1-38-23-24-39(32-54(38)75-36-51(41-15-7-3-8-16-41)42-17-9-4-10-18-42)31-40-25-30-53(55(33-40)76-37-52(43-19-11-5-12-20-43)44-21-13-6-14-22-44)70-58(73)48-29-27-46(35-50(48)59(70)74)60(61(63,64)65,62(66,67)68)45-26-28-47-49(34-45)57(72)69(2)56(47)71/h3-30,32-35,51-52H,31,36-37H2,1-2H3. The van der Waals surface area contributed by atoms with Gasteiger partial charge < -0.3 is 9.47 Å². The first-order valence-corrected chi connectivity index (χ1v) is 24.3. The topological polar surface area (TPSA) is 93.2 Å². The number of halogens is 6. The molecule has 4 amide bonds. The van der Waals surface area contributed by atoms with E-state index in [9.17, 15) is 19.2 Å². The smallest absolute Gasteiger partial charge is 0.411 e. The largest absolute Gasteiger partial charge is 0.492 e. The van der Waals surface area contributed by atoms with Crippen molar-refractivity contribution in [3.63, 3.8) is 0 Å². The summed E-state index contributed by atoms with van der Waals surface area (Å²) in [6.45, 7) is 2.28. The van der Waals surface area contributed by atoms with E-state index in [1.807, 2.05) is 122 Å². The molecule has 0 radical (unpaired) electrons. The van der Waals surface area contributed by atoms with Crippen LogP contribution in [-0.2, 0) is 11.8 Å². The van der Waals surface area contributed by atoms with Crippen molar-refractivity contribution in [1.82, 2.24) is 4.90 Å². The van der Waals surface area contributed by atoms with E-state index in [0.29, 0.717) is 58.4 Å². The van der Waals surface area contributed by atoms with Crippen LogP contribution in [0.4, 0.5) is 32.0 Å². The zero-order valence-electron chi connectivity index (χ0n) is 40.9. The lowest BCUT2D eigenvalue weighted by atomic mass is 9.71. The maximum atomic E-state index is 15.5. The lowest BCUT2D eigenvalue weighted by Gasteiger charge is -2.38. The summed E-state index contributed by atoms with van der Waals surface area (Å²) in [6, 6.07) is 53.1. The molecule has 0 unspecified atom stereocenters. The molecule has 0 saturated heterocycles. The molecule has 0 bridgehead atoms. The maximum absolute atomic E-state index is 15.5. The molecule has 2 aliphatic rings. The molecular weight excluding hydrogens is 983 g/mol. The van der Waals surface area contributed by atoms with E-state index in [4.69, 9.17) is 9.47 Å².